The maximum atomic E-state index is 13.0. The van der Waals surface area contributed by atoms with Crippen molar-refractivity contribution < 1.29 is 19.5 Å². The van der Waals surface area contributed by atoms with Crippen LogP contribution in [0.15, 0.2) is 54.6 Å². The van der Waals surface area contributed by atoms with E-state index in [2.05, 4.69) is 15.6 Å². The van der Waals surface area contributed by atoms with Crippen molar-refractivity contribution in [1.29, 1.82) is 0 Å². The van der Waals surface area contributed by atoms with Gasteiger partial charge < -0.3 is 20.6 Å². The molecule has 0 radical (unpaired) electrons. The van der Waals surface area contributed by atoms with Crippen LogP contribution >= 0.6 is 11.6 Å². The number of carbonyl (C=O) groups excluding carboxylic acids is 2. The van der Waals surface area contributed by atoms with Crippen molar-refractivity contribution in [1.82, 2.24) is 15.3 Å². The number of carboxylic acid groups (broad SMARTS) is 1. The quantitative estimate of drug-likeness (QED) is 0.241. The lowest BCUT2D eigenvalue weighted by atomic mass is 10.1. The van der Waals surface area contributed by atoms with E-state index in [0.29, 0.717) is 42.2 Å². The van der Waals surface area contributed by atoms with Crippen molar-refractivity contribution in [2.75, 3.05) is 16.8 Å². The topological polar surface area (TPSA) is 125 Å². The fourth-order valence-electron chi connectivity index (χ4n) is 5.38. The summed E-state index contributed by atoms with van der Waals surface area (Å²) in [5, 5.41) is 15.7. The van der Waals surface area contributed by atoms with Gasteiger partial charge in [-0.2, -0.15) is 0 Å². The molecule has 0 bridgehead atoms. The lowest BCUT2D eigenvalue weighted by Crippen LogP contribution is -2.43. The summed E-state index contributed by atoms with van der Waals surface area (Å²) in [6.07, 6.45) is 7.09. The van der Waals surface area contributed by atoms with Gasteiger partial charge in [-0.15, -0.1) is 0 Å². The number of carboxylic acids is 1. The molecule has 0 aliphatic heterocycles. The zero-order valence-electron chi connectivity index (χ0n) is 23.5. The van der Waals surface area contributed by atoms with E-state index in [4.69, 9.17) is 16.6 Å². The van der Waals surface area contributed by atoms with Crippen molar-refractivity contribution >= 4 is 40.9 Å². The van der Waals surface area contributed by atoms with Gasteiger partial charge in [-0.05, 0) is 55.4 Å². The minimum atomic E-state index is -1.04. The Hall–Kier alpha value is -3.98. The molecular weight excluding hydrogens is 554 g/mol. The SMILES string of the molecule is O=C(O)Cc1c(Cl)nc(Cc2ccc(NC(=O)CCc3ccccc3)cc2)nc1N(CC(=O)NC1CCCC1)C1CC1. The van der Waals surface area contributed by atoms with E-state index in [0.717, 1.165) is 49.7 Å². The number of anilines is 2. The van der Waals surface area contributed by atoms with Crippen LogP contribution in [-0.2, 0) is 33.6 Å². The molecule has 2 aromatic carbocycles. The Balaban J connectivity index is 1.28. The zero-order valence-corrected chi connectivity index (χ0v) is 24.3. The van der Waals surface area contributed by atoms with Crippen LogP contribution < -0.4 is 15.5 Å². The number of nitrogens with zero attached hydrogens (tertiary/aromatic N) is 3. The lowest BCUT2D eigenvalue weighted by Gasteiger charge is -2.26. The standard InChI is InChI=1S/C32H36ClN5O4/c33-31-26(19-30(41)42)32(38(25-15-16-25)20-29(40)35-23-8-4-5-9-23)37-27(36-31)18-22-10-13-24(14-11-22)34-28(39)17-12-21-6-2-1-3-7-21/h1-3,6-7,10-11,13-14,23,25H,4-5,8-9,12,15-20H2,(H,34,39)(H,35,40)(H,41,42). The van der Waals surface area contributed by atoms with Crippen LogP contribution in [0.1, 0.15) is 67.5 Å². The number of nitrogens with one attached hydrogen (secondary N) is 2. The average Bonchev–Trinajstić information content (AvgIpc) is 3.69. The van der Waals surface area contributed by atoms with Crippen LogP contribution in [0, 0.1) is 0 Å². The number of amides is 2. The Kier molecular flexibility index (Phi) is 9.69. The third-order valence-electron chi connectivity index (χ3n) is 7.69. The highest BCUT2D eigenvalue weighted by Gasteiger charge is 2.34. The minimum absolute atomic E-state index is 0.0579. The number of hydrogen-bond acceptors (Lipinski definition) is 6. The van der Waals surface area contributed by atoms with Gasteiger partial charge in [0.1, 0.15) is 16.8 Å². The fourth-order valence-corrected chi connectivity index (χ4v) is 5.63. The Bertz CT molecular complexity index is 1410. The molecule has 5 rings (SSSR count). The molecule has 0 spiro atoms. The average molecular weight is 590 g/mol. The van der Waals surface area contributed by atoms with Crippen LogP contribution in [0.5, 0.6) is 0 Å². The summed E-state index contributed by atoms with van der Waals surface area (Å²) < 4.78 is 0. The number of aryl methyl sites for hydroxylation is 1. The summed E-state index contributed by atoms with van der Waals surface area (Å²) in [6.45, 7) is 0.0965. The first-order chi connectivity index (χ1) is 20.3. The summed E-state index contributed by atoms with van der Waals surface area (Å²) in [5.41, 5.74) is 3.04. The lowest BCUT2D eigenvalue weighted by molar-refractivity contribution is -0.136. The van der Waals surface area contributed by atoms with E-state index >= 15 is 0 Å². The molecule has 9 nitrogen and oxygen atoms in total. The Morgan fingerprint density at radius 3 is 2.29 bits per heavy atom. The fraction of sp³-hybridized carbons (Fsp3) is 0.406. The van der Waals surface area contributed by atoms with Crippen LogP contribution in [0.4, 0.5) is 11.5 Å². The molecule has 2 fully saturated rings. The van der Waals surface area contributed by atoms with E-state index in [1.54, 1.807) is 0 Å². The van der Waals surface area contributed by atoms with Gasteiger partial charge in [-0.3, -0.25) is 14.4 Å². The van der Waals surface area contributed by atoms with Crippen molar-refractivity contribution in [2.24, 2.45) is 0 Å². The molecule has 1 heterocycles. The Labute approximate surface area is 250 Å². The molecule has 2 amide bonds. The van der Waals surface area contributed by atoms with Crippen molar-refractivity contribution in [2.45, 2.75) is 76.3 Å². The number of carbonyl (C=O) groups is 3. The summed E-state index contributed by atoms with van der Waals surface area (Å²) in [6, 6.07) is 17.6. The molecule has 3 N–H and O–H groups in total. The van der Waals surface area contributed by atoms with Crippen molar-refractivity contribution in [3.8, 4) is 0 Å². The number of aromatic nitrogens is 2. The summed E-state index contributed by atoms with van der Waals surface area (Å²) in [4.78, 5) is 48.2. The smallest absolute Gasteiger partial charge is 0.308 e. The number of hydrogen-bond donors (Lipinski definition) is 3. The summed E-state index contributed by atoms with van der Waals surface area (Å²) in [7, 11) is 0. The maximum Gasteiger partial charge on any atom is 0.308 e. The molecule has 220 valence electrons. The molecule has 42 heavy (non-hydrogen) atoms. The highest BCUT2D eigenvalue weighted by molar-refractivity contribution is 6.30. The Morgan fingerprint density at radius 2 is 1.62 bits per heavy atom. The molecule has 2 saturated carbocycles. The van der Waals surface area contributed by atoms with E-state index in [-0.39, 0.29) is 42.0 Å². The van der Waals surface area contributed by atoms with Gasteiger partial charge in [-0.1, -0.05) is 66.9 Å². The third kappa shape index (κ3) is 8.28. The third-order valence-corrected chi connectivity index (χ3v) is 8.00. The highest BCUT2D eigenvalue weighted by atomic mass is 35.5. The minimum Gasteiger partial charge on any atom is -0.481 e. The number of halogens is 1. The number of rotatable bonds is 13. The van der Waals surface area contributed by atoms with Gasteiger partial charge in [0, 0.05) is 36.2 Å². The molecular formula is C32H36ClN5O4. The van der Waals surface area contributed by atoms with Crippen LogP contribution in [-0.4, -0.2) is 51.5 Å². The van der Waals surface area contributed by atoms with Crippen LogP contribution in [0.3, 0.4) is 0 Å². The molecule has 2 aliphatic rings. The van der Waals surface area contributed by atoms with Gasteiger partial charge in [0.2, 0.25) is 11.8 Å². The zero-order chi connectivity index (χ0) is 29.5. The van der Waals surface area contributed by atoms with Gasteiger partial charge in [0.05, 0.1) is 13.0 Å². The first kappa shape index (κ1) is 29.5. The van der Waals surface area contributed by atoms with E-state index in [1.807, 2.05) is 59.5 Å². The monoisotopic (exact) mass is 589 g/mol. The second kappa shape index (κ2) is 13.8. The maximum absolute atomic E-state index is 13.0. The molecule has 0 saturated heterocycles. The Morgan fingerprint density at radius 1 is 0.905 bits per heavy atom. The molecule has 0 atom stereocenters. The summed E-state index contributed by atoms with van der Waals surface area (Å²) >= 11 is 6.56. The second-order valence-corrected chi connectivity index (χ2v) is 11.5. The normalized spacial score (nSPS) is 14.9. The number of benzene rings is 2. The predicted octanol–water partition coefficient (Wildman–Crippen LogP) is 4.95. The summed E-state index contributed by atoms with van der Waals surface area (Å²) in [5.74, 6) is -0.336. The van der Waals surface area contributed by atoms with E-state index in [1.165, 1.54) is 0 Å². The largest absolute Gasteiger partial charge is 0.481 e. The van der Waals surface area contributed by atoms with E-state index in [9.17, 15) is 19.5 Å². The first-order valence-corrected chi connectivity index (χ1v) is 15.0. The number of aliphatic carboxylic acids is 1. The van der Waals surface area contributed by atoms with Crippen molar-refractivity contribution in [3.63, 3.8) is 0 Å². The van der Waals surface area contributed by atoms with Gasteiger partial charge in [0.25, 0.3) is 0 Å². The van der Waals surface area contributed by atoms with Gasteiger partial charge in [-0.25, -0.2) is 9.97 Å². The molecule has 10 heteroatoms. The van der Waals surface area contributed by atoms with Crippen LogP contribution in [0.25, 0.3) is 0 Å². The first-order valence-electron chi connectivity index (χ1n) is 14.6. The highest BCUT2D eigenvalue weighted by Crippen LogP contribution is 2.35. The molecule has 3 aromatic rings. The predicted molar refractivity (Wildman–Crippen MR) is 162 cm³/mol. The van der Waals surface area contributed by atoms with Crippen LogP contribution in [0.2, 0.25) is 5.15 Å². The van der Waals surface area contributed by atoms with E-state index < -0.39 is 5.97 Å². The molecule has 2 aliphatic carbocycles. The van der Waals surface area contributed by atoms with Crippen molar-refractivity contribution in [3.05, 3.63) is 82.3 Å². The van der Waals surface area contributed by atoms with Gasteiger partial charge in [0.15, 0.2) is 0 Å². The molecule has 1 aromatic heterocycles. The van der Waals surface area contributed by atoms with Gasteiger partial charge >= 0.3 is 5.97 Å². The second-order valence-electron chi connectivity index (χ2n) is 11.1. The molecule has 0 unspecified atom stereocenters.